The summed E-state index contributed by atoms with van der Waals surface area (Å²) in [6.07, 6.45) is 0.902. The van der Waals surface area contributed by atoms with Crippen LogP contribution in [0.2, 0.25) is 0 Å². The average Bonchev–Trinajstić information content (AvgIpc) is 2.73. The predicted octanol–water partition coefficient (Wildman–Crippen LogP) is -0.252. The molecule has 1 saturated heterocycles. The minimum absolute atomic E-state index is 0.170. The molecular weight excluding hydrogens is 234 g/mol. The number of hydroxylamine groups is 1. The Labute approximate surface area is 104 Å². The molecule has 6 heteroatoms. The van der Waals surface area contributed by atoms with Gasteiger partial charge in [0.05, 0.1) is 0 Å². The van der Waals surface area contributed by atoms with Gasteiger partial charge in [0.25, 0.3) is 5.91 Å². The maximum atomic E-state index is 11.6. The Bertz CT molecular complexity index is 462. The highest BCUT2D eigenvalue weighted by Crippen LogP contribution is 2.08. The Morgan fingerprint density at radius 2 is 2.39 bits per heavy atom. The highest BCUT2D eigenvalue weighted by molar-refractivity contribution is 5.88. The van der Waals surface area contributed by atoms with Crippen molar-refractivity contribution in [1.29, 1.82) is 0 Å². The molecular formula is C12H15N3O3. The van der Waals surface area contributed by atoms with Crippen LogP contribution < -0.4 is 16.5 Å². The normalized spacial score (nSPS) is 18.4. The second-order valence-electron chi connectivity index (χ2n) is 4.14. The van der Waals surface area contributed by atoms with Crippen molar-refractivity contribution in [3.05, 3.63) is 29.8 Å². The molecule has 0 radical (unpaired) electrons. The Kier molecular flexibility index (Phi) is 3.78. The largest absolute Gasteiger partial charge is 0.399 e. The second kappa shape index (κ2) is 5.50. The molecule has 18 heavy (non-hydrogen) atoms. The summed E-state index contributed by atoms with van der Waals surface area (Å²) >= 11 is 0. The van der Waals surface area contributed by atoms with Gasteiger partial charge in [-0.15, -0.1) is 0 Å². The SMILES string of the molecule is Nc1cccc(CCC(=O)N[C@@H]2CONC2=O)c1. The molecule has 1 fully saturated rings. The maximum absolute atomic E-state index is 11.6. The van der Waals surface area contributed by atoms with E-state index in [1.807, 2.05) is 18.2 Å². The van der Waals surface area contributed by atoms with E-state index in [4.69, 9.17) is 10.6 Å². The Morgan fingerprint density at radius 1 is 1.56 bits per heavy atom. The van der Waals surface area contributed by atoms with E-state index < -0.39 is 6.04 Å². The van der Waals surface area contributed by atoms with Crippen LogP contribution in [-0.2, 0) is 20.8 Å². The number of benzene rings is 1. The molecule has 0 unspecified atom stereocenters. The Hall–Kier alpha value is -2.08. The smallest absolute Gasteiger partial charge is 0.268 e. The fraction of sp³-hybridized carbons (Fsp3) is 0.333. The molecule has 1 atom stereocenters. The zero-order valence-electron chi connectivity index (χ0n) is 9.81. The first-order valence-electron chi connectivity index (χ1n) is 5.70. The fourth-order valence-electron chi connectivity index (χ4n) is 1.72. The van der Waals surface area contributed by atoms with E-state index >= 15 is 0 Å². The van der Waals surface area contributed by atoms with Gasteiger partial charge in [0.2, 0.25) is 5.91 Å². The molecule has 1 aromatic rings. The van der Waals surface area contributed by atoms with Crippen LogP contribution in [0.3, 0.4) is 0 Å². The van der Waals surface area contributed by atoms with Crippen molar-refractivity contribution in [3.63, 3.8) is 0 Å². The number of anilines is 1. The number of rotatable bonds is 4. The minimum Gasteiger partial charge on any atom is -0.399 e. The molecule has 1 heterocycles. The Balaban J connectivity index is 1.79. The number of aryl methyl sites for hydroxylation is 1. The summed E-state index contributed by atoms with van der Waals surface area (Å²) in [4.78, 5) is 27.5. The molecule has 1 aliphatic rings. The summed E-state index contributed by atoms with van der Waals surface area (Å²) < 4.78 is 0. The fourth-order valence-corrected chi connectivity index (χ4v) is 1.72. The topological polar surface area (TPSA) is 93.5 Å². The van der Waals surface area contributed by atoms with Crippen LogP contribution in [0.15, 0.2) is 24.3 Å². The molecule has 96 valence electrons. The van der Waals surface area contributed by atoms with Crippen molar-refractivity contribution >= 4 is 17.5 Å². The second-order valence-corrected chi connectivity index (χ2v) is 4.14. The summed E-state index contributed by atoms with van der Waals surface area (Å²) in [5.41, 5.74) is 9.51. The molecule has 0 spiro atoms. The molecule has 0 bridgehead atoms. The lowest BCUT2D eigenvalue weighted by atomic mass is 10.1. The number of amides is 2. The lowest BCUT2D eigenvalue weighted by molar-refractivity contribution is -0.128. The summed E-state index contributed by atoms with van der Waals surface area (Å²) in [7, 11) is 0. The van der Waals surface area contributed by atoms with Gasteiger partial charge in [-0.05, 0) is 24.1 Å². The van der Waals surface area contributed by atoms with E-state index in [1.165, 1.54) is 0 Å². The summed E-state index contributed by atoms with van der Waals surface area (Å²) in [6, 6.07) is 6.80. The van der Waals surface area contributed by atoms with Crippen molar-refractivity contribution < 1.29 is 14.4 Å². The molecule has 4 N–H and O–H groups in total. The lowest BCUT2D eigenvalue weighted by Crippen LogP contribution is -2.41. The van der Waals surface area contributed by atoms with Crippen LogP contribution in [0.5, 0.6) is 0 Å². The molecule has 1 aliphatic heterocycles. The molecule has 0 saturated carbocycles. The first-order chi connectivity index (χ1) is 8.65. The van der Waals surface area contributed by atoms with Crippen molar-refractivity contribution in [2.75, 3.05) is 12.3 Å². The van der Waals surface area contributed by atoms with Gasteiger partial charge in [0.1, 0.15) is 12.6 Å². The summed E-state index contributed by atoms with van der Waals surface area (Å²) in [5, 5.41) is 2.61. The number of nitrogens with one attached hydrogen (secondary N) is 2. The molecule has 0 aromatic heterocycles. The van der Waals surface area contributed by atoms with Crippen LogP contribution in [-0.4, -0.2) is 24.5 Å². The van der Waals surface area contributed by atoms with Gasteiger partial charge >= 0.3 is 0 Å². The number of nitrogens with two attached hydrogens (primary N) is 1. The predicted molar refractivity (Wildman–Crippen MR) is 65.2 cm³/mol. The third kappa shape index (κ3) is 3.21. The van der Waals surface area contributed by atoms with Crippen molar-refractivity contribution in [2.24, 2.45) is 0 Å². The first kappa shape index (κ1) is 12.4. The van der Waals surface area contributed by atoms with Crippen LogP contribution in [0.1, 0.15) is 12.0 Å². The van der Waals surface area contributed by atoms with E-state index in [1.54, 1.807) is 6.07 Å². The maximum Gasteiger partial charge on any atom is 0.268 e. The Morgan fingerprint density at radius 3 is 3.06 bits per heavy atom. The molecule has 1 aromatic carbocycles. The van der Waals surface area contributed by atoms with E-state index in [0.29, 0.717) is 18.5 Å². The minimum atomic E-state index is -0.585. The number of nitrogen functional groups attached to an aromatic ring is 1. The average molecular weight is 249 g/mol. The quantitative estimate of drug-likeness (QED) is 0.641. The monoisotopic (exact) mass is 249 g/mol. The third-order valence-corrected chi connectivity index (χ3v) is 2.67. The molecule has 2 rings (SSSR count). The molecule has 0 aliphatic carbocycles. The van der Waals surface area contributed by atoms with Gasteiger partial charge in [0.15, 0.2) is 0 Å². The highest BCUT2D eigenvalue weighted by atomic mass is 16.7. The van der Waals surface area contributed by atoms with Crippen molar-refractivity contribution in [1.82, 2.24) is 10.8 Å². The lowest BCUT2D eigenvalue weighted by Gasteiger charge is -2.08. The van der Waals surface area contributed by atoms with E-state index in [-0.39, 0.29) is 18.4 Å². The first-order valence-corrected chi connectivity index (χ1v) is 5.70. The van der Waals surface area contributed by atoms with Crippen molar-refractivity contribution in [3.8, 4) is 0 Å². The van der Waals surface area contributed by atoms with Gasteiger partial charge in [-0.2, -0.15) is 0 Å². The van der Waals surface area contributed by atoms with Crippen LogP contribution in [0, 0.1) is 0 Å². The van der Waals surface area contributed by atoms with E-state index in [0.717, 1.165) is 5.56 Å². The zero-order chi connectivity index (χ0) is 13.0. The van der Waals surface area contributed by atoms with Gasteiger partial charge in [0, 0.05) is 12.1 Å². The van der Waals surface area contributed by atoms with Crippen LogP contribution in [0.4, 0.5) is 5.69 Å². The summed E-state index contributed by atoms with van der Waals surface area (Å²) in [6.45, 7) is 0.170. The van der Waals surface area contributed by atoms with Gasteiger partial charge in [-0.3, -0.25) is 14.4 Å². The standard InChI is InChI=1S/C12H15N3O3/c13-9-3-1-2-8(6-9)4-5-11(16)14-10-7-18-15-12(10)17/h1-3,6,10H,4-5,7,13H2,(H,14,16)(H,15,17)/t10-/m1/s1. The van der Waals surface area contributed by atoms with E-state index in [2.05, 4.69) is 10.8 Å². The molecule has 6 nitrogen and oxygen atoms in total. The zero-order valence-corrected chi connectivity index (χ0v) is 9.81. The highest BCUT2D eigenvalue weighted by Gasteiger charge is 2.26. The summed E-state index contributed by atoms with van der Waals surface area (Å²) in [5.74, 6) is -0.490. The number of carbonyl (C=O) groups excluding carboxylic acids is 2. The number of hydrogen-bond acceptors (Lipinski definition) is 4. The van der Waals surface area contributed by atoms with Gasteiger partial charge in [-0.25, -0.2) is 5.48 Å². The number of carbonyl (C=O) groups is 2. The van der Waals surface area contributed by atoms with Gasteiger partial charge < -0.3 is 11.1 Å². The third-order valence-electron chi connectivity index (χ3n) is 2.67. The number of hydrogen-bond donors (Lipinski definition) is 3. The van der Waals surface area contributed by atoms with Gasteiger partial charge in [-0.1, -0.05) is 12.1 Å². The molecule has 2 amide bonds. The van der Waals surface area contributed by atoms with Crippen molar-refractivity contribution in [2.45, 2.75) is 18.9 Å². The van der Waals surface area contributed by atoms with Crippen LogP contribution >= 0.6 is 0 Å². The van der Waals surface area contributed by atoms with E-state index in [9.17, 15) is 9.59 Å². The van der Waals surface area contributed by atoms with Crippen LogP contribution in [0.25, 0.3) is 0 Å².